The highest BCUT2D eigenvalue weighted by Gasteiger charge is 2.16. The Morgan fingerprint density at radius 2 is 1.76 bits per heavy atom. The number of amides is 2. The number of anilines is 2. The van der Waals surface area contributed by atoms with Crippen molar-refractivity contribution in [1.82, 2.24) is 25.8 Å². The number of carbonyl (C=O) groups is 2. The fraction of sp³-hybridized carbons (Fsp3) is 0.214. The minimum Gasteiger partial charge on any atom is -0.444 e. The number of H-pyrrole nitrogens is 1. The summed E-state index contributed by atoms with van der Waals surface area (Å²) in [5.74, 6) is -0.251. The highest BCUT2D eigenvalue weighted by Crippen LogP contribution is 2.26. The van der Waals surface area contributed by atoms with Gasteiger partial charge in [0.1, 0.15) is 5.60 Å². The minimum absolute atomic E-state index is 0.251. The lowest BCUT2D eigenvalue weighted by Gasteiger charge is -2.19. The number of aromatic nitrogens is 3. The van der Waals surface area contributed by atoms with Crippen molar-refractivity contribution in [3.63, 3.8) is 0 Å². The molecule has 2 aromatic heterocycles. The van der Waals surface area contributed by atoms with Crippen molar-refractivity contribution in [3.05, 3.63) is 83.8 Å². The summed E-state index contributed by atoms with van der Waals surface area (Å²) in [6.07, 6.45) is 5.07. The third kappa shape index (κ3) is 7.17. The van der Waals surface area contributed by atoms with Crippen LogP contribution in [0.25, 0.3) is 23.1 Å². The Bertz CT molecular complexity index is 1410. The minimum atomic E-state index is -0.574. The zero-order valence-electron chi connectivity index (χ0n) is 21.0. The largest absolute Gasteiger partial charge is 0.444 e. The number of alkyl carbamates (subject to hydrolysis) is 1. The number of aromatic amines is 1. The van der Waals surface area contributed by atoms with Gasteiger partial charge in [-0.1, -0.05) is 18.2 Å². The van der Waals surface area contributed by atoms with Gasteiger partial charge in [0.25, 0.3) is 5.91 Å². The van der Waals surface area contributed by atoms with E-state index in [0.717, 1.165) is 28.0 Å². The number of pyridine rings is 1. The fourth-order valence-electron chi connectivity index (χ4n) is 3.58. The molecule has 4 aromatic rings. The molecule has 0 aliphatic carbocycles. The van der Waals surface area contributed by atoms with Gasteiger partial charge in [0, 0.05) is 30.4 Å². The number of para-hydroxylation sites is 1. The van der Waals surface area contributed by atoms with Crippen molar-refractivity contribution in [2.75, 3.05) is 18.4 Å². The summed E-state index contributed by atoms with van der Waals surface area (Å²) in [6.45, 7) is 5.90. The van der Waals surface area contributed by atoms with Gasteiger partial charge < -0.3 is 20.7 Å². The smallest absolute Gasteiger partial charge is 0.407 e. The van der Waals surface area contributed by atoms with Crippen LogP contribution >= 0.6 is 0 Å². The third-order valence-electron chi connectivity index (χ3n) is 5.22. The summed E-state index contributed by atoms with van der Waals surface area (Å²) >= 11 is 0. The lowest BCUT2D eigenvalue weighted by atomic mass is 10.1. The molecule has 2 aromatic carbocycles. The summed E-state index contributed by atoms with van der Waals surface area (Å²) in [6, 6.07) is 18.8. The molecular formula is C28H30N6O3. The number of benzene rings is 2. The topological polar surface area (TPSA) is 121 Å². The normalized spacial score (nSPS) is 11.4. The number of ether oxygens (including phenoxy) is 1. The molecule has 2 amide bonds. The second-order valence-electron chi connectivity index (χ2n) is 9.31. The SMILES string of the molecule is CC(C)(C)OC(=O)NCCNC(=O)c1ccccc1Nc1ccc2c(/C=C/c3ccccn3)n[nH]c2c1. The number of nitrogens with zero attached hydrogens (tertiary/aromatic N) is 2. The van der Waals surface area contributed by atoms with Gasteiger partial charge in [-0.05, 0) is 75.4 Å². The summed E-state index contributed by atoms with van der Waals surface area (Å²) in [5.41, 5.74) is 3.91. The first-order valence-corrected chi connectivity index (χ1v) is 12.0. The Balaban J connectivity index is 1.39. The van der Waals surface area contributed by atoms with Crippen LogP contribution in [0, 0.1) is 0 Å². The summed E-state index contributed by atoms with van der Waals surface area (Å²) in [5, 5.41) is 17.2. The first-order chi connectivity index (χ1) is 17.8. The Hall–Kier alpha value is -4.66. The molecule has 2 heterocycles. The zero-order chi connectivity index (χ0) is 26.3. The standard InChI is InChI=1S/C28H30N6O3/c1-28(2,3)37-27(36)31-17-16-30-26(35)22-9-4-5-10-23(22)32-20-11-13-21-24(33-34-25(21)18-20)14-12-19-8-6-7-15-29-19/h4-15,18,32H,16-17H2,1-3H3,(H,30,35)(H,31,36)(H,33,34)/b14-12+. The number of fused-ring (bicyclic) bond motifs is 1. The van der Waals surface area contributed by atoms with Crippen molar-refractivity contribution in [2.45, 2.75) is 26.4 Å². The van der Waals surface area contributed by atoms with Crippen LogP contribution in [0.4, 0.5) is 16.2 Å². The predicted octanol–water partition coefficient (Wildman–Crippen LogP) is 5.13. The number of rotatable bonds is 8. The quantitative estimate of drug-likeness (QED) is 0.250. The van der Waals surface area contributed by atoms with Crippen LogP contribution in [0.3, 0.4) is 0 Å². The fourth-order valence-corrected chi connectivity index (χ4v) is 3.58. The third-order valence-corrected chi connectivity index (χ3v) is 5.22. The van der Waals surface area contributed by atoms with Gasteiger partial charge in [0.2, 0.25) is 0 Å². The van der Waals surface area contributed by atoms with E-state index in [0.29, 0.717) is 11.3 Å². The first-order valence-electron chi connectivity index (χ1n) is 12.0. The molecule has 0 atom stereocenters. The maximum Gasteiger partial charge on any atom is 0.407 e. The molecule has 190 valence electrons. The second kappa shape index (κ2) is 11.4. The molecule has 9 nitrogen and oxygen atoms in total. The molecule has 0 fully saturated rings. The van der Waals surface area contributed by atoms with Crippen molar-refractivity contribution in [1.29, 1.82) is 0 Å². The Morgan fingerprint density at radius 1 is 0.973 bits per heavy atom. The molecule has 0 bridgehead atoms. The van der Waals surface area contributed by atoms with E-state index in [1.807, 2.05) is 60.7 Å². The average Bonchev–Trinajstić information content (AvgIpc) is 3.27. The molecule has 4 N–H and O–H groups in total. The van der Waals surface area contributed by atoms with E-state index in [4.69, 9.17) is 4.74 Å². The van der Waals surface area contributed by atoms with Crippen molar-refractivity contribution >= 4 is 46.4 Å². The van der Waals surface area contributed by atoms with Gasteiger partial charge in [-0.25, -0.2) is 4.79 Å². The maximum absolute atomic E-state index is 12.8. The van der Waals surface area contributed by atoms with Gasteiger partial charge >= 0.3 is 6.09 Å². The maximum atomic E-state index is 12.8. The average molecular weight is 499 g/mol. The molecule has 0 radical (unpaired) electrons. The van der Waals surface area contributed by atoms with Gasteiger partial charge in [0.05, 0.1) is 28.2 Å². The van der Waals surface area contributed by atoms with Gasteiger partial charge in [-0.3, -0.25) is 14.9 Å². The first kappa shape index (κ1) is 25.4. The zero-order valence-corrected chi connectivity index (χ0v) is 21.0. The van der Waals surface area contributed by atoms with E-state index in [-0.39, 0.29) is 19.0 Å². The van der Waals surface area contributed by atoms with Crippen LogP contribution in [0.1, 0.15) is 42.5 Å². The van der Waals surface area contributed by atoms with Crippen LogP contribution in [-0.2, 0) is 4.74 Å². The molecule has 0 saturated heterocycles. The van der Waals surface area contributed by atoms with E-state index in [9.17, 15) is 9.59 Å². The second-order valence-corrected chi connectivity index (χ2v) is 9.31. The summed E-state index contributed by atoms with van der Waals surface area (Å²) < 4.78 is 5.19. The van der Waals surface area contributed by atoms with Crippen LogP contribution in [0.2, 0.25) is 0 Å². The number of carbonyl (C=O) groups excluding carboxylic acids is 2. The summed E-state index contributed by atoms with van der Waals surface area (Å²) in [7, 11) is 0. The Labute approximate surface area is 215 Å². The van der Waals surface area contributed by atoms with E-state index in [1.165, 1.54) is 0 Å². The molecule has 4 rings (SSSR count). The molecule has 0 aliphatic heterocycles. The molecule has 9 heteroatoms. The van der Waals surface area contributed by atoms with Gasteiger partial charge in [0.15, 0.2) is 0 Å². The molecule has 0 spiro atoms. The van der Waals surface area contributed by atoms with E-state index in [1.54, 1.807) is 39.1 Å². The van der Waals surface area contributed by atoms with Gasteiger partial charge in [-0.15, -0.1) is 0 Å². The lowest BCUT2D eigenvalue weighted by Crippen LogP contribution is -2.37. The lowest BCUT2D eigenvalue weighted by molar-refractivity contribution is 0.0526. The monoisotopic (exact) mass is 498 g/mol. The Kier molecular flexibility index (Phi) is 7.83. The van der Waals surface area contributed by atoms with E-state index < -0.39 is 11.7 Å². The van der Waals surface area contributed by atoms with Crippen LogP contribution in [0.15, 0.2) is 66.9 Å². The van der Waals surface area contributed by atoms with Crippen molar-refractivity contribution in [3.8, 4) is 0 Å². The highest BCUT2D eigenvalue weighted by molar-refractivity contribution is 6.00. The van der Waals surface area contributed by atoms with E-state index >= 15 is 0 Å². The molecule has 37 heavy (non-hydrogen) atoms. The van der Waals surface area contributed by atoms with Crippen molar-refractivity contribution < 1.29 is 14.3 Å². The van der Waals surface area contributed by atoms with Crippen LogP contribution in [-0.4, -0.2) is 45.9 Å². The number of nitrogens with one attached hydrogen (secondary N) is 4. The molecule has 0 unspecified atom stereocenters. The van der Waals surface area contributed by atoms with Gasteiger partial charge in [-0.2, -0.15) is 5.10 Å². The Morgan fingerprint density at radius 3 is 2.54 bits per heavy atom. The molecule has 0 aliphatic rings. The number of hydrogen-bond donors (Lipinski definition) is 4. The number of hydrogen-bond acceptors (Lipinski definition) is 6. The van der Waals surface area contributed by atoms with E-state index in [2.05, 4.69) is 31.1 Å². The molecule has 0 saturated carbocycles. The molecular weight excluding hydrogens is 468 g/mol. The highest BCUT2D eigenvalue weighted by atomic mass is 16.6. The van der Waals surface area contributed by atoms with Crippen molar-refractivity contribution in [2.24, 2.45) is 0 Å². The van der Waals surface area contributed by atoms with Crippen LogP contribution < -0.4 is 16.0 Å². The summed E-state index contributed by atoms with van der Waals surface area (Å²) in [4.78, 5) is 28.9. The predicted molar refractivity (Wildman–Crippen MR) is 146 cm³/mol. The van der Waals surface area contributed by atoms with Crippen LogP contribution in [0.5, 0.6) is 0 Å².